The molecule has 1 saturated heterocycles. The van der Waals surface area contributed by atoms with E-state index in [1.807, 2.05) is 0 Å². The van der Waals surface area contributed by atoms with Crippen molar-refractivity contribution in [3.05, 3.63) is 33.2 Å². The third-order valence-electron chi connectivity index (χ3n) is 3.41. The average molecular weight is 329 g/mol. The van der Waals surface area contributed by atoms with E-state index < -0.39 is 0 Å². The maximum atomic E-state index is 12.2. The monoisotopic (exact) mass is 328 g/mol. The van der Waals surface area contributed by atoms with Crippen LogP contribution in [0, 0.1) is 0 Å². The van der Waals surface area contributed by atoms with Gasteiger partial charge in [-0.1, -0.05) is 0 Å². The summed E-state index contributed by atoms with van der Waals surface area (Å²) < 4.78 is 2.15. The van der Waals surface area contributed by atoms with Gasteiger partial charge in [0.1, 0.15) is 6.54 Å². The number of carbonyl (C=O) groups is 1. The van der Waals surface area contributed by atoms with E-state index in [0.717, 1.165) is 23.7 Å². The number of aromatic nitrogens is 1. The zero-order valence-electron chi connectivity index (χ0n) is 10.6. The molecule has 0 radical (unpaired) electrons. The third kappa shape index (κ3) is 3.45. The normalized spacial score (nSPS) is 19.5. The van der Waals surface area contributed by atoms with Crippen molar-refractivity contribution in [3.63, 3.8) is 0 Å². The molecule has 1 amide bonds. The van der Waals surface area contributed by atoms with E-state index in [0.29, 0.717) is 6.54 Å². The summed E-state index contributed by atoms with van der Waals surface area (Å²) in [6.45, 7) is 0.667. The van der Waals surface area contributed by atoms with Crippen LogP contribution in [-0.2, 0) is 11.3 Å². The molecule has 0 bridgehead atoms. The Bertz CT molecular complexity index is 515. The predicted octanol–water partition coefficient (Wildman–Crippen LogP) is 0.984. The zero-order chi connectivity index (χ0) is 13.8. The molecule has 1 atom stereocenters. The summed E-state index contributed by atoms with van der Waals surface area (Å²) >= 11 is 3.28. The van der Waals surface area contributed by atoms with Crippen LogP contribution in [0.2, 0.25) is 0 Å². The number of carbonyl (C=O) groups excluding carboxylic acids is 1. The molecule has 0 saturated carbocycles. The Kier molecular flexibility index (Phi) is 4.76. The molecule has 5 nitrogen and oxygen atoms in total. The molecular formula is C13H17BrN2O3. The highest BCUT2D eigenvalue weighted by Gasteiger charge is 2.26. The molecule has 1 aromatic heterocycles. The maximum absolute atomic E-state index is 12.2. The van der Waals surface area contributed by atoms with Gasteiger partial charge >= 0.3 is 0 Å². The predicted molar refractivity (Wildman–Crippen MR) is 74.8 cm³/mol. The summed E-state index contributed by atoms with van der Waals surface area (Å²) in [6.07, 6.45) is 4.43. The molecule has 2 rings (SSSR count). The fraction of sp³-hybridized carbons (Fsp3) is 0.538. The van der Waals surface area contributed by atoms with Gasteiger partial charge in [-0.3, -0.25) is 9.59 Å². The number of hydrogen-bond acceptors (Lipinski definition) is 3. The van der Waals surface area contributed by atoms with Crippen LogP contribution >= 0.6 is 15.9 Å². The highest BCUT2D eigenvalue weighted by atomic mass is 79.9. The van der Waals surface area contributed by atoms with Crippen molar-refractivity contribution < 1.29 is 9.90 Å². The van der Waals surface area contributed by atoms with Crippen LogP contribution in [0.4, 0.5) is 0 Å². The van der Waals surface area contributed by atoms with E-state index in [2.05, 4.69) is 15.9 Å². The largest absolute Gasteiger partial charge is 0.394 e. The van der Waals surface area contributed by atoms with Crippen molar-refractivity contribution in [2.24, 2.45) is 0 Å². The van der Waals surface area contributed by atoms with Gasteiger partial charge in [-0.15, -0.1) is 0 Å². The lowest BCUT2D eigenvalue weighted by molar-refractivity contribution is -0.136. The van der Waals surface area contributed by atoms with Gasteiger partial charge in [0.05, 0.1) is 12.6 Å². The summed E-state index contributed by atoms with van der Waals surface area (Å²) in [4.78, 5) is 25.6. The Morgan fingerprint density at radius 2 is 2.21 bits per heavy atom. The van der Waals surface area contributed by atoms with Crippen molar-refractivity contribution >= 4 is 21.8 Å². The van der Waals surface area contributed by atoms with Crippen LogP contribution in [0.1, 0.15) is 19.3 Å². The molecule has 1 aliphatic heterocycles. The Hall–Kier alpha value is -1.14. The lowest BCUT2D eigenvalue weighted by Crippen LogP contribution is -2.47. The van der Waals surface area contributed by atoms with E-state index in [9.17, 15) is 14.7 Å². The van der Waals surface area contributed by atoms with E-state index in [-0.39, 0.29) is 30.7 Å². The molecular weight excluding hydrogens is 312 g/mol. The molecule has 19 heavy (non-hydrogen) atoms. The molecule has 6 heteroatoms. The van der Waals surface area contributed by atoms with Crippen LogP contribution in [-0.4, -0.2) is 39.7 Å². The quantitative estimate of drug-likeness (QED) is 0.899. The number of rotatable bonds is 3. The number of likely N-dealkylation sites (tertiary alicyclic amines) is 1. The molecule has 0 aliphatic carbocycles. The molecule has 104 valence electrons. The van der Waals surface area contributed by atoms with Crippen molar-refractivity contribution in [3.8, 4) is 0 Å². The molecule has 1 aromatic rings. The number of hydrogen-bond donors (Lipinski definition) is 1. The first kappa shape index (κ1) is 14.3. The molecule has 1 aliphatic rings. The zero-order valence-corrected chi connectivity index (χ0v) is 12.2. The molecule has 1 N–H and O–H groups in total. The van der Waals surface area contributed by atoms with Crippen molar-refractivity contribution in [2.45, 2.75) is 31.8 Å². The third-order valence-corrected chi connectivity index (χ3v) is 3.88. The number of halogens is 1. The van der Waals surface area contributed by atoms with E-state index in [4.69, 9.17) is 0 Å². The smallest absolute Gasteiger partial charge is 0.251 e. The topological polar surface area (TPSA) is 62.5 Å². The van der Waals surface area contributed by atoms with E-state index in [1.54, 1.807) is 17.2 Å². The maximum Gasteiger partial charge on any atom is 0.251 e. The Morgan fingerprint density at radius 3 is 2.95 bits per heavy atom. The number of piperidine rings is 1. The van der Waals surface area contributed by atoms with Gasteiger partial charge in [0.25, 0.3) is 5.56 Å². The highest BCUT2D eigenvalue weighted by molar-refractivity contribution is 9.10. The molecule has 0 spiro atoms. The SMILES string of the molecule is O=C(Cn1cc(Br)ccc1=O)N1CCCCC1CO. The van der Waals surface area contributed by atoms with Crippen LogP contribution in [0.5, 0.6) is 0 Å². The molecule has 2 heterocycles. The number of aliphatic hydroxyl groups is 1. The minimum absolute atomic E-state index is 0.0148. The van der Waals surface area contributed by atoms with Crippen molar-refractivity contribution in [2.75, 3.05) is 13.2 Å². The summed E-state index contributed by atoms with van der Waals surface area (Å²) in [5, 5.41) is 9.31. The van der Waals surface area contributed by atoms with Gasteiger partial charge in [0.15, 0.2) is 0 Å². The highest BCUT2D eigenvalue weighted by Crippen LogP contribution is 2.17. The lowest BCUT2D eigenvalue weighted by atomic mass is 10.0. The van der Waals surface area contributed by atoms with Gasteiger partial charge in [-0.2, -0.15) is 0 Å². The number of aliphatic hydroxyl groups excluding tert-OH is 1. The molecule has 1 fully saturated rings. The van der Waals surface area contributed by atoms with Crippen molar-refractivity contribution in [1.29, 1.82) is 0 Å². The molecule has 0 aromatic carbocycles. The Balaban J connectivity index is 2.11. The second-order valence-electron chi connectivity index (χ2n) is 4.73. The van der Waals surface area contributed by atoms with Gasteiger partial charge in [0, 0.05) is 23.3 Å². The van der Waals surface area contributed by atoms with Gasteiger partial charge in [-0.25, -0.2) is 0 Å². The van der Waals surface area contributed by atoms with Crippen molar-refractivity contribution in [1.82, 2.24) is 9.47 Å². The number of pyridine rings is 1. The second kappa shape index (κ2) is 6.34. The number of nitrogens with zero attached hydrogens (tertiary/aromatic N) is 2. The summed E-state index contributed by atoms with van der Waals surface area (Å²) in [5.41, 5.74) is -0.200. The Labute approximate surface area is 120 Å². The average Bonchev–Trinajstić information content (AvgIpc) is 2.42. The van der Waals surface area contributed by atoms with E-state index in [1.165, 1.54) is 10.6 Å². The van der Waals surface area contributed by atoms with E-state index >= 15 is 0 Å². The second-order valence-corrected chi connectivity index (χ2v) is 5.65. The summed E-state index contributed by atoms with van der Waals surface area (Å²) in [7, 11) is 0. The molecule has 1 unspecified atom stereocenters. The lowest BCUT2D eigenvalue weighted by Gasteiger charge is -2.34. The first-order valence-electron chi connectivity index (χ1n) is 6.38. The summed E-state index contributed by atoms with van der Waals surface area (Å²) in [6, 6.07) is 2.97. The van der Waals surface area contributed by atoms with Gasteiger partial charge in [-0.05, 0) is 41.3 Å². The van der Waals surface area contributed by atoms with Crippen LogP contribution in [0.3, 0.4) is 0 Å². The van der Waals surface area contributed by atoms with Crippen LogP contribution in [0.15, 0.2) is 27.6 Å². The minimum atomic E-state index is -0.200. The fourth-order valence-electron chi connectivity index (χ4n) is 2.38. The number of amides is 1. The standard InChI is InChI=1S/C13H17BrN2O3/c14-10-4-5-12(18)15(7-10)8-13(19)16-6-2-1-3-11(16)9-17/h4-5,7,11,17H,1-3,6,8-9H2. The van der Waals surface area contributed by atoms with Gasteiger partial charge < -0.3 is 14.6 Å². The summed E-state index contributed by atoms with van der Waals surface area (Å²) in [5.74, 6) is -0.112. The first-order valence-corrected chi connectivity index (χ1v) is 7.17. The Morgan fingerprint density at radius 1 is 1.42 bits per heavy atom. The first-order chi connectivity index (χ1) is 9.11. The van der Waals surface area contributed by atoms with Gasteiger partial charge in [0.2, 0.25) is 5.91 Å². The van der Waals surface area contributed by atoms with Crippen LogP contribution in [0.25, 0.3) is 0 Å². The minimum Gasteiger partial charge on any atom is -0.394 e. The fourth-order valence-corrected chi connectivity index (χ4v) is 2.76. The van der Waals surface area contributed by atoms with Crippen LogP contribution < -0.4 is 5.56 Å².